The van der Waals surface area contributed by atoms with Crippen LogP contribution in [0, 0.1) is 0 Å². The molecule has 1 aliphatic rings. The number of aromatic nitrogens is 4. The smallest absolute Gasteiger partial charge is 0.253 e. The molecule has 1 amide bonds. The maximum Gasteiger partial charge on any atom is 0.253 e. The highest BCUT2D eigenvalue weighted by atomic mass is 32.1. The number of aliphatic hydroxyl groups excluding tert-OH is 1. The van der Waals surface area contributed by atoms with Gasteiger partial charge in [-0.1, -0.05) is 24.3 Å². The second-order valence-corrected chi connectivity index (χ2v) is 11.6. The van der Waals surface area contributed by atoms with Crippen LogP contribution >= 0.6 is 11.3 Å². The number of H-pyrrole nitrogens is 1. The summed E-state index contributed by atoms with van der Waals surface area (Å²) in [6, 6.07) is 18.0. The number of methoxy groups -OCH3 is 1. The maximum absolute atomic E-state index is 14.0. The van der Waals surface area contributed by atoms with E-state index in [0.717, 1.165) is 68.1 Å². The van der Waals surface area contributed by atoms with E-state index in [1.165, 1.54) is 5.56 Å². The van der Waals surface area contributed by atoms with Crippen molar-refractivity contribution < 1.29 is 14.6 Å². The van der Waals surface area contributed by atoms with Crippen molar-refractivity contribution in [3.8, 4) is 38.7 Å². The number of nitrogens with one attached hydrogen (secondary N) is 2. The first-order valence-electron chi connectivity index (χ1n) is 14.0. The molecule has 5 heterocycles. The Kier molecular flexibility index (Phi) is 6.68. The molecule has 8 nitrogen and oxygen atoms in total. The van der Waals surface area contributed by atoms with Gasteiger partial charge in [-0.3, -0.25) is 9.48 Å². The van der Waals surface area contributed by atoms with Crippen LogP contribution < -0.4 is 10.1 Å². The zero-order valence-corrected chi connectivity index (χ0v) is 24.2. The fraction of sp³-hybridized carbons (Fsp3) is 0.212. The van der Waals surface area contributed by atoms with E-state index >= 15 is 0 Å². The van der Waals surface area contributed by atoms with Gasteiger partial charge in [0.05, 0.1) is 42.1 Å². The van der Waals surface area contributed by atoms with E-state index in [9.17, 15) is 9.90 Å². The van der Waals surface area contributed by atoms with Crippen molar-refractivity contribution in [2.45, 2.75) is 25.4 Å². The third-order valence-electron chi connectivity index (χ3n) is 8.11. The number of carbonyl (C=O) groups excluding carboxylic acids is 1. The summed E-state index contributed by atoms with van der Waals surface area (Å²) in [5, 5.41) is 20.9. The number of hydrogen-bond acceptors (Lipinski definition) is 5. The van der Waals surface area contributed by atoms with E-state index in [0.29, 0.717) is 12.0 Å². The number of hydrogen-bond donors (Lipinski definition) is 3. The monoisotopic (exact) mass is 577 g/mol. The third-order valence-corrected chi connectivity index (χ3v) is 8.99. The number of nitrogens with zero attached hydrogens (tertiary/aromatic N) is 3. The molecule has 212 valence electrons. The predicted octanol–water partition coefficient (Wildman–Crippen LogP) is 5.66. The molecule has 0 radical (unpaired) electrons. The Hall–Kier alpha value is -4.60. The van der Waals surface area contributed by atoms with Gasteiger partial charge in [0.2, 0.25) is 0 Å². The summed E-state index contributed by atoms with van der Waals surface area (Å²) in [4.78, 5) is 18.3. The van der Waals surface area contributed by atoms with E-state index in [1.54, 1.807) is 23.1 Å². The summed E-state index contributed by atoms with van der Waals surface area (Å²) in [6.07, 6.45) is 7.11. The van der Waals surface area contributed by atoms with E-state index in [2.05, 4.69) is 44.2 Å². The van der Waals surface area contributed by atoms with E-state index in [4.69, 9.17) is 4.74 Å². The lowest BCUT2D eigenvalue weighted by Gasteiger charge is -2.23. The largest absolute Gasteiger partial charge is 0.496 e. The normalized spacial score (nSPS) is 13.1. The van der Waals surface area contributed by atoms with Gasteiger partial charge < -0.3 is 24.7 Å². The van der Waals surface area contributed by atoms with Gasteiger partial charge in [0.15, 0.2) is 0 Å². The topological polar surface area (TPSA) is 97.1 Å². The number of aliphatic hydroxyl groups is 1. The summed E-state index contributed by atoms with van der Waals surface area (Å²) in [7, 11) is 3.59. The van der Waals surface area contributed by atoms with Crippen molar-refractivity contribution in [2.75, 3.05) is 13.7 Å². The first kappa shape index (κ1) is 26.3. The Labute approximate surface area is 247 Å². The molecule has 42 heavy (non-hydrogen) atoms. The molecule has 4 aromatic heterocycles. The minimum atomic E-state index is -0.432. The quantitative estimate of drug-likeness (QED) is 0.217. The van der Waals surface area contributed by atoms with Gasteiger partial charge >= 0.3 is 0 Å². The Morgan fingerprint density at radius 2 is 2.07 bits per heavy atom. The molecule has 3 N–H and O–H groups in total. The third kappa shape index (κ3) is 4.51. The molecule has 0 saturated heterocycles. The van der Waals surface area contributed by atoms with Crippen LogP contribution in [-0.2, 0) is 26.4 Å². The van der Waals surface area contributed by atoms with E-state index in [1.807, 2.05) is 61.4 Å². The average molecular weight is 578 g/mol. The van der Waals surface area contributed by atoms with Gasteiger partial charge in [0.1, 0.15) is 5.75 Å². The Morgan fingerprint density at radius 3 is 2.83 bits per heavy atom. The molecule has 0 fully saturated rings. The number of benzene rings is 2. The van der Waals surface area contributed by atoms with Crippen LogP contribution in [0.25, 0.3) is 43.9 Å². The summed E-state index contributed by atoms with van der Waals surface area (Å²) in [6.45, 7) is 0.585. The summed E-state index contributed by atoms with van der Waals surface area (Å²) >= 11 is 1.62. The molecule has 0 saturated carbocycles. The highest BCUT2D eigenvalue weighted by Gasteiger charge is 2.29. The van der Waals surface area contributed by atoms with Crippen molar-refractivity contribution in [2.24, 2.45) is 7.05 Å². The highest BCUT2D eigenvalue weighted by Crippen LogP contribution is 2.43. The van der Waals surface area contributed by atoms with Crippen LogP contribution in [0.5, 0.6) is 5.75 Å². The van der Waals surface area contributed by atoms with Gasteiger partial charge in [-0.2, -0.15) is 5.10 Å². The van der Waals surface area contributed by atoms with Gasteiger partial charge in [-0.25, -0.2) is 0 Å². The van der Waals surface area contributed by atoms with Crippen molar-refractivity contribution >= 4 is 28.1 Å². The van der Waals surface area contributed by atoms with Crippen molar-refractivity contribution in [3.05, 3.63) is 95.3 Å². The Morgan fingerprint density at radius 1 is 1.19 bits per heavy atom. The van der Waals surface area contributed by atoms with E-state index < -0.39 is 6.04 Å². The van der Waals surface area contributed by atoms with Crippen LogP contribution in [0.1, 0.15) is 21.5 Å². The lowest BCUT2D eigenvalue weighted by Crippen LogP contribution is -2.39. The van der Waals surface area contributed by atoms with Gasteiger partial charge in [-0.15, -0.1) is 11.3 Å². The first-order valence-corrected chi connectivity index (χ1v) is 14.9. The predicted molar refractivity (Wildman–Crippen MR) is 166 cm³/mol. The van der Waals surface area contributed by atoms with Gasteiger partial charge in [-0.05, 0) is 59.7 Å². The molecule has 1 unspecified atom stereocenters. The number of rotatable bonds is 8. The minimum absolute atomic E-state index is 0.162. The second-order valence-electron chi connectivity index (χ2n) is 10.7. The molecule has 6 aromatic rings. The lowest BCUT2D eigenvalue weighted by atomic mass is 9.93. The SMILES string of the molecule is COc1cc2c(cc1-c1cnn(C)c1)-c1cc(C(=O)NC(CO)Cc3c[nH]c4ccccc34)c(-c3cccs3)n1CC2. The minimum Gasteiger partial charge on any atom is -0.496 e. The van der Waals surface area contributed by atoms with Crippen LogP contribution in [-0.4, -0.2) is 50.1 Å². The average Bonchev–Trinajstić information content (AvgIpc) is 3.82. The van der Waals surface area contributed by atoms with Crippen LogP contribution in [0.3, 0.4) is 0 Å². The van der Waals surface area contributed by atoms with Crippen LogP contribution in [0.4, 0.5) is 0 Å². The number of fused-ring (bicyclic) bond motifs is 4. The van der Waals surface area contributed by atoms with Gasteiger partial charge in [0.25, 0.3) is 5.91 Å². The van der Waals surface area contributed by atoms with Crippen molar-refractivity contribution in [1.82, 2.24) is 24.6 Å². The van der Waals surface area contributed by atoms with Crippen LogP contribution in [0.2, 0.25) is 0 Å². The summed E-state index contributed by atoms with van der Waals surface area (Å²) in [5.41, 5.74) is 8.80. The molecular formula is C33H31N5O3S. The van der Waals surface area contributed by atoms with Crippen LogP contribution in [0.15, 0.2) is 78.6 Å². The molecule has 2 aromatic carbocycles. The zero-order chi connectivity index (χ0) is 28.8. The molecule has 7 rings (SSSR count). The molecule has 1 atom stereocenters. The fourth-order valence-corrected chi connectivity index (χ4v) is 6.89. The molecule has 1 aliphatic heterocycles. The van der Waals surface area contributed by atoms with Crippen molar-refractivity contribution in [3.63, 3.8) is 0 Å². The number of ether oxygens (including phenoxy) is 1. The molecule has 0 aliphatic carbocycles. The van der Waals surface area contributed by atoms with Crippen molar-refractivity contribution in [1.29, 1.82) is 0 Å². The Balaban J connectivity index is 1.28. The Bertz CT molecular complexity index is 1910. The fourth-order valence-electron chi connectivity index (χ4n) is 6.10. The number of aryl methyl sites for hydroxylation is 2. The standard InChI is InChI=1S/C33H31N5O3S/c1-37-18-22(17-35-37)26-14-25-20(13-30(26)41-2)9-10-38-29(25)15-27(32(38)31-8-5-11-42-31)33(40)36-23(19-39)12-21-16-34-28-7-4-3-6-24(21)28/h3-8,11,13-18,23,34,39H,9-10,12,19H2,1-2H3,(H,36,40). The highest BCUT2D eigenvalue weighted by molar-refractivity contribution is 7.13. The molecule has 0 bridgehead atoms. The summed E-state index contributed by atoms with van der Waals surface area (Å²) in [5.74, 6) is 0.614. The van der Waals surface area contributed by atoms with E-state index in [-0.39, 0.29) is 12.5 Å². The number of aromatic amines is 1. The molecular weight excluding hydrogens is 546 g/mol. The lowest BCUT2D eigenvalue weighted by molar-refractivity contribution is 0.0917. The zero-order valence-electron chi connectivity index (χ0n) is 23.4. The number of thiophene rings is 1. The molecule has 9 heteroatoms. The number of para-hydroxylation sites is 1. The second kappa shape index (κ2) is 10.7. The first-order chi connectivity index (χ1) is 20.5. The van der Waals surface area contributed by atoms with Gasteiger partial charge in [0, 0.05) is 59.3 Å². The number of carbonyl (C=O) groups is 1. The molecule has 0 spiro atoms. The summed E-state index contributed by atoms with van der Waals surface area (Å²) < 4.78 is 9.82. The number of amides is 1. The maximum atomic E-state index is 14.0.